The van der Waals surface area contributed by atoms with Gasteiger partial charge in [0.05, 0.1) is 5.69 Å². The van der Waals surface area contributed by atoms with Gasteiger partial charge in [0.25, 0.3) is 5.91 Å². The van der Waals surface area contributed by atoms with Crippen molar-refractivity contribution in [2.75, 3.05) is 0 Å². The van der Waals surface area contributed by atoms with Gasteiger partial charge in [-0.25, -0.2) is 4.98 Å². The summed E-state index contributed by atoms with van der Waals surface area (Å²) in [5, 5.41) is 3.69. The van der Waals surface area contributed by atoms with E-state index in [1.807, 2.05) is 112 Å². The van der Waals surface area contributed by atoms with Crippen LogP contribution in [-0.2, 0) is 6.61 Å². The lowest BCUT2D eigenvalue weighted by molar-refractivity contribution is 0.0914. The van der Waals surface area contributed by atoms with E-state index in [2.05, 4.69) is 5.32 Å². The minimum atomic E-state index is -0.407. The lowest BCUT2D eigenvalue weighted by Crippen LogP contribution is -2.40. The Bertz CT molecular complexity index is 1270. The lowest BCUT2D eigenvalue weighted by Gasteiger charge is -2.22. The monoisotopic (exact) mass is 470 g/mol. The Morgan fingerprint density at radius 2 is 1.50 bits per heavy atom. The molecule has 1 heterocycles. The smallest absolute Gasteiger partial charge is 0.257 e. The predicted molar refractivity (Wildman–Crippen MR) is 138 cm³/mol. The molecule has 5 heteroatoms. The average molecular weight is 471 g/mol. The van der Waals surface area contributed by atoms with Crippen molar-refractivity contribution in [1.29, 1.82) is 0 Å². The van der Waals surface area contributed by atoms with Crippen LogP contribution >= 0.6 is 11.6 Å². The quantitative estimate of drug-likeness (QED) is 0.325. The van der Waals surface area contributed by atoms with Gasteiger partial charge in [0, 0.05) is 21.7 Å². The number of amides is 1. The second kappa shape index (κ2) is 10.1. The number of rotatable bonds is 6. The van der Waals surface area contributed by atoms with Crippen molar-refractivity contribution >= 4 is 17.5 Å². The molecule has 4 rings (SSSR count). The number of nitrogens with one attached hydrogen (secondary N) is 1. The Kier molecular flexibility index (Phi) is 6.99. The van der Waals surface area contributed by atoms with Crippen molar-refractivity contribution in [3.8, 4) is 28.3 Å². The number of ether oxygens (including phenoxy) is 1. The molecule has 0 atom stereocenters. The fourth-order valence-corrected chi connectivity index (χ4v) is 3.69. The molecule has 0 bridgehead atoms. The number of nitrogens with zero attached hydrogens (tertiary/aromatic N) is 1. The van der Waals surface area contributed by atoms with Gasteiger partial charge in [0.1, 0.15) is 12.2 Å². The Labute approximate surface area is 205 Å². The zero-order valence-corrected chi connectivity index (χ0v) is 20.3. The van der Waals surface area contributed by atoms with Crippen LogP contribution < -0.4 is 10.1 Å². The van der Waals surface area contributed by atoms with Crippen LogP contribution in [0, 0.1) is 0 Å². The number of benzene rings is 3. The van der Waals surface area contributed by atoms with Crippen LogP contribution in [0.3, 0.4) is 0 Å². The number of hydrogen-bond donors (Lipinski definition) is 1. The minimum Gasteiger partial charge on any atom is -0.472 e. The number of pyridine rings is 1. The average Bonchev–Trinajstić information content (AvgIpc) is 2.83. The molecule has 0 aliphatic heterocycles. The summed E-state index contributed by atoms with van der Waals surface area (Å²) in [4.78, 5) is 18.2. The Balaban J connectivity index is 1.87. The molecule has 0 unspecified atom stereocenters. The zero-order valence-electron chi connectivity index (χ0n) is 19.5. The first kappa shape index (κ1) is 23.5. The van der Waals surface area contributed by atoms with Crippen LogP contribution in [0.4, 0.5) is 0 Å². The van der Waals surface area contributed by atoms with E-state index in [1.165, 1.54) is 0 Å². The molecule has 0 spiro atoms. The molecular weight excluding hydrogens is 444 g/mol. The second-order valence-corrected chi connectivity index (χ2v) is 9.53. The van der Waals surface area contributed by atoms with Crippen molar-refractivity contribution in [2.24, 2.45) is 0 Å². The van der Waals surface area contributed by atoms with Crippen LogP contribution in [0.2, 0.25) is 5.02 Å². The predicted octanol–water partition coefficient (Wildman–Crippen LogP) is 7.18. The van der Waals surface area contributed by atoms with Crippen LogP contribution in [0.5, 0.6) is 5.88 Å². The molecule has 1 amide bonds. The van der Waals surface area contributed by atoms with Gasteiger partial charge in [0.15, 0.2) is 0 Å². The van der Waals surface area contributed by atoms with Gasteiger partial charge >= 0.3 is 0 Å². The van der Waals surface area contributed by atoms with E-state index in [4.69, 9.17) is 21.3 Å². The summed E-state index contributed by atoms with van der Waals surface area (Å²) in [6, 6.07) is 29.1. The fourth-order valence-electron chi connectivity index (χ4n) is 3.57. The topological polar surface area (TPSA) is 51.2 Å². The summed E-state index contributed by atoms with van der Waals surface area (Å²) < 4.78 is 6.14. The zero-order chi connectivity index (χ0) is 24.1. The molecule has 34 heavy (non-hydrogen) atoms. The van der Waals surface area contributed by atoms with Crippen LogP contribution in [-0.4, -0.2) is 16.4 Å². The normalized spacial score (nSPS) is 11.2. The van der Waals surface area contributed by atoms with Gasteiger partial charge in [-0.3, -0.25) is 4.79 Å². The van der Waals surface area contributed by atoms with Gasteiger partial charge in [-0.1, -0.05) is 84.4 Å². The van der Waals surface area contributed by atoms with E-state index in [9.17, 15) is 4.79 Å². The molecule has 1 aromatic heterocycles. The van der Waals surface area contributed by atoms with Crippen LogP contribution in [0.1, 0.15) is 36.7 Å². The molecule has 4 aromatic rings. The van der Waals surface area contributed by atoms with E-state index < -0.39 is 5.54 Å². The highest BCUT2D eigenvalue weighted by molar-refractivity contribution is 6.30. The van der Waals surface area contributed by atoms with Gasteiger partial charge in [0.2, 0.25) is 5.88 Å². The largest absolute Gasteiger partial charge is 0.472 e. The van der Waals surface area contributed by atoms with Gasteiger partial charge in [-0.15, -0.1) is 0 Å². The Hall–Kier alpha value is -3.63. The van der Waals surface area contributed by atoms with Crippen LogP contribution in [0.15, 0.2) is 91.0 Å². The highest BCUT2D eigenvalue weighted by Gasteiger charge is 2.23. The third-order valence-corrected chi connectivity index (χ3v) is 5.39. The maximum atomic E-state index is 13.3. The lowest BCUT2D eigenvalue weighted by atomic mass is 9.97. The third-order valence-electron chi connectivity index (χ3n) is 5.14. The maximum absolute atomic E-state index is 13.3. The second-order valence-electron chi connectivity index (χ2n) is 9.09. The first-order chi connectivity index (χ1) is 16.3. The molecule has 0 aliphatic carbocycles. The standard InChI is InChI=1S/C29H27ClN2O2/c1-29(2,3)32-27(33)25-18-24(21-12-8-5-9-13-21)26(22-14-16-23(30)17-15-22)31-28(25)34-19-20-10-6-4-7-11-20/h4-18H,19H2,1-3H3,(H,32,33). The third kappa shape index (κ3) is 5.83. The van der Waals surface area contributed by atoms with Crippen molar-refractivity contribution in [1.82, 2.24) is 10.3 Å². The maximum Gasteiger partial charge on any atom is 0.257 e. The van der Waals surface area contributed by atoms with E-state index in [0.29, 0.717) is 17.2 Å². The number of aromatic nitrogens is 1. The number of halogens is 1. The first-order valence-electron chi connectivity index (χ1n) is 11.2. The molecule has 0 aliphatic rings. The fraction of sp³-hybridized carbons (Fsp3) is 0.172. The molecule has 4 nitrogen and oxygen atoms in total. The van der Waals surface area contributed by atoms with Crippen molar-refractivity contribution in [3.63, 3.8) is 0 Å². The number of hydrogen-bond acceptors (Lipinski definition) is 3. The van der Waals surface area contributed by atoms with Gasteiger partial charge in [-0.2, -0.15) is 0 Å². The molecule has 3 aromatic carbocycles. The summed E-state index contributed by atoms with van der Waals surface area (Å²) in [6.07, 6.45) is 0. The molecule has 172 valence electrons. The summed E-state index contributed by atoms with van der Waals surface area (Å²) in [5.41, 5.74) is 4.38. The van der Waals surface area contributed by atoms with E-state index in [-0.39, 0.29) is 11.8 Å². The van der Waals surface area contributed by atoms with Gasteiger partial charge < -0.3 is 10.1 Å². The highest BCUT2D eigenvalue weighted by atomic mass is 35.5. The molecule has 1 N–H and O–H groups in total. The Morgan fingerprint density at radius 1 is 0.882 bits per heavy atom. The van der Waals surface area contributed by atoms with Crippen LogP contribution in [0.25, 0.3) is 22.4 Å². The molecule has 0 fully saturated rings. The van der Waals surface area contributed by atoms with Crippen molar-refractivity contribution in [2.45, 2.75) is 32.9 Å². The van der Waals surface area contributed by atoms with E-state index >= 15 is 0 Å². The summed E-state index contributed by atoms with van der Waals surface area (Å²) in [7, 11) is 0. The molecule has 0 radical (unpaired) electrons. The summed E-state index contributed by atoms with van der Waals surface area (Å²) in [6.45, 7) is 6.14. The molecule has 0 saturated carbocycles. The first-order valence-corrected chi connectivity index (χ1v) is 11.5. The van der Waals surface area contributed by atoms with Crippen molar-refractivity contribution in [3.05, 3.63) is 107 Å². The van der Waals surface area contributed by atoms with Crippen molar-refractivity contribution < 1.29 is 9.53 Å². The van der Waals surface area contributed by atoms with E-state index in [1.54, 1.807) is 0 Å². The SMILES string of the molecule is CC(C)(C)NC(=O)c1cc(-c2ccccc2)c(-c2ccc(Cl)cc2)nc1OCc1ccccc1. The summed E-state index contributed by atoms with van der Waals surface area (Å²) >= 11 is 6.13. The Morgan fingerprint density at radius 3 is 2.12 bits per heavy atom. The van der Waals surface area contributed by atoms with Gasteiger partial charge in [-0.05, 0) is 50.1 Å². The highest BCUT2D eigenvalue weighted by Crippen LogP contribution is 2.35. The number of carbonyl (C=O) groups excluding carboxylic acids is 1. The number of carbonyl (C=O) groups is 1. The van der Waals surface area contributed by atoms with E-state index in [0.717, 1.165) is 27.9 Å². The molecular formula is C29H27ClN2O2. The molecule has 0 saturated heterocycles. The summed E-state index contributed by atoms with van der Waals surface area (Å²) in [5.74, 6) is 0.0538. The minimum absolute atomic E-state index is 0.233.